The van der Waals surface area contributed by atoms with E-state index < -0.39 is 5.60 Å². The van der Waals surface area contributed by atoms with Crippen LogP contribution in [-0.4, -0.2) is 40.0 Å². The average molecular weight is 294 g/mol. The molecule has 0 fully saturated rings. The van der Waals surface area contributed by atoms with Gasteiger partial charge in [-0.3, -0.25) is 4.68 Å². The van der Waals surface area contributed by atoms with Gasteiger partial charge in [0.25, 0.3) is 0 Å². The molecule has 21 heavy (non-hydrogen) atoms. The first-order valence-corrected chi connectivity index (χ1v) is 7.54. The summed E-state index contributed by atoms with van der Waals surface area (Å²) in [6.45, 7) is 10.9. The molecule has 0 unspecified atom stereocenters. The van der Waals surface area contributed by atoms with Gasteiger partial charge in [-0.25, -0.2) is 4.79 Å². The summed E-state index contributed by atoms with van der Waals surface area (Å²) in [6, 6.07) is 0. The number of aromatic nitrogens is 2. The number of nitrogens with one attached hydrogen (secondary N) is 1. The standard InChI is InChI=1S/C15H26N4O2/c1-6-19-13-7-8-16-9-11(13)12(17-19)10-18(5)14(20)21-15(2,3)4/h16H,6-10H2,1-5H3. The summed E-state index contributed by atoms with van der Waals surface area (Å²) in [5.41, 5.74) is 3.02. The monoisotopic (exact) mass is 294 g/mol. The van der Waals surface area contributed by atoms with E-state index in [9.17, 15) is 4.79 Å². The van der Waals surface area contributed by atoms with Gasteiger partial charge in [0.15, 0.2) is 0 Å². The van der Waals surface area contributed by atoms with Gasteiger partial charge in [-0.05, 0) is 27.7 Å². The molecule has 0 aromatic carbocycles. The van der Waals surface area contributed by atoms with E-state index in [0.717, 1.165) is 31.7 Å². The van der Waals surface area contributed by atoms with Gasteiger partial charge < -0.3 is 15.0 Å². The summed E-state index contributed by atoms with van der Waals surface area (Å²) in [7, 11) is 1.75. The van der Waals surface area contributed by atoms with Crippen LogP contribution in [0.15, 0.2) is 0 Å². The first-order valence-electron chi connectivity index (χ1n) is 7.54. The van der Waals surface area contributed by atoms with Crippen LogP contribution in [0.25, 0.3) is 0 Å². The fourth-order valence-corrected chi connectivity index (χ4v) is 2.51. The summed E-state index contributed by atoms with van der Waals surface area (Å²) >= 11 is 0. The van der Waals surface area contributed by atoms with E-state index in [0.29, 0.717) is 6.54 Å². The molecule has 0 saturated carbocycles. The van der Waals surface area contributed by atoms with E-state index >= 15 is 0 Å². The van der Waals surface area contributed by atoms with Crippen molar-refractivity contribution < 1.29 is 9.53 Å². The van der Waals surface area contributed by atoms with Gasteiger partial charge in [0.2, 0.25) is 0 Å². The van der Waals surface area contributed by atoms with Crippen molar-refractivity contribution in [2.75, 3.05) is 13.6 Å². The molecule has 6 nitrogen and oxygen atoms in total. The molecule has 1 aromatic heterocycles. The van der Waals surface area contributed by atoms with Crippen molar-refractivity contribution in [2.45, 2.75) is 59.4 Å². The van der Waals surface area contributed by atoms with Crippen molar-refractivity contribution in [1.82, 2.24) is 20.0 Å². The summed E-state index contributed by atoms with van der Waals surface area (Å²) < 4.78 is 7.44. The summed E-state index contributed by atoms with van der Waals surface area (Å²) in [5, 5.41) is 8.03. The minimum atomic E-state index is -0.477. The van der Waals surface area contributed by atoms with Gasteiger partial charge >= 0.3 is 6.09 Å². The van der Waals surface area contributed by atoms with Crippen LogP contribution in [0.4, 0.5) is 4.79 Å². The number of fused-ring (bicyclic) bond motifs is 1. The molecule has 0 radical (unpaired) electrons. The van der Waals surface area contributed by atoms with E-state index in [2.05, 4.69) is 22.0 Å². The molecular formula is C15H26N4O2. The van der Waals surface area contributed by atoms with Crippen LogP contribution in [0.5, 0.6) is 0 Å². The minimum absolute atomic E-state index is 0.314. The number of carbonyl (C=O) groups is 1. The lowest BCUT2D eigenvalue weighted by Gasteiger charge is -2.24. The van der Waals surface area contributed by atoms with Crippen molar-refractivity contribution in [3.05, 3.63) is 17.0 Å². The molecule has 1 aliphatic heterocycles. The van der Waals surface area contributed by atoms with Gasteiger partial charge in [0.1, 0.15) is 5.60 Å². The second-order valence-corrected chi connectivity index (χ2v) is 6.45. The van der Waals surface area contributed by atoms with Crippen LogP contribution in [-0.2, 0) is 30.8 Å². The highest BCUT2D eigenvalue weighted by Gasteiger charge is 2.24. The number of nitrogens with zero attached hydrogens (tertiary/aromatic N) is 3. The largest absolute Gasteiger partial charge is 0.444 e. The maximum atomic E-state index is 12.1. The molecule has 0 aliphatic carbocycles. The molecule has 0 saturated heterocycles. The Balaban J connectivity index is 2.12. The Bertz CT molecular complexity index is 516. The lowest BCUT2D eigenvalue weighted by atomic mass is 10.1. The smallest absolute Gasteiger partial charge is 0.410 e. The summed E-state index contributed by atoms with van der Waals surface area (Å²) in [6.07, 6.45) is 0.679. The molecular weight excluding hydrogens is 268 g/mol. The fourth-order valence-electron chi connectivity index (χ4n) is 2.51. The molecule has 0 bridgehead atoms. The molecule has 1 aromatic rings. The second-order valence-electron chi connectivity index (χ2n) is 6.45. The van der Waals surface area contributed by atoms with E-state index in [1.54, 1.807) is 11.9 Å². The first-order chi connectivity index (χ1) is 9.81. The minimum Gasteiger partial charge on any atom is -0.444 e. The Hall–Kier alpha value is -1.56. The number of aryl methyl sites for hydroxylation is 1. The van der Waals surface area contributed by atoms with Crippen LogP contribution in [0.1, 0.15) is 44.6 Å². The average Bonchev–Trinajstić information content (AvgIpc) is 2.75. The fraction of sp³-hybridized carbons (Fsp3) is 0.733. The Morgan fingerprint density at radius 2 is 2.19 bits per heavy atom. The van der Waals surface area contributed by atoms with E-state index in [1.807, 2.05) is 20.8 Å². The lowest BCUT2D eigenvalue weighted by molar-refractivity contribution is 0.0282. The zero-order valence-corrected chi connectivity index (χ0v) is 13.7. The third-order valence-electron chi connectivity index (χ3n) is 3.48. The van der Waals surface area contributed by atoms with Gasteiger partial charge in [-0.15, -0.1) is 0 Å². The van der Waals surface area contributed by atoms with Crippen LogP contribution < -0.4 is 5.32 Å². The van der Waals surface area contributed by atoms with Crippen LogP contribution >= 0.6 is 0 Å². The van der Waals surface area contributed by atoms with Gasteiger partial charge in [0, 0.05) is 44.4 Å². The molecule has 0 atom stereocenters. The zero-order valence-electron chi connectivity index (χ0n) is 13.7. The van der Waals surface area contributed by atoms with Crippen LogP contribution in [0, 0.1) is 0 Å². The number of hydrogen-bond acceptors (Lipinski definition) is 4. The van der Waals surface area contributed by atoms with Gasteiger partial charge in [-0.1, -0.05) is 0 Å². The lowest BCUT2D eigenvalue weighted by Crippen LogP contribution is -2.34. The van der Waals surface area contributed by atoms with E-state index in [4.69, 9.17) is 4.74 Å². The molecule has 1 amide bonds. The number of carbonyl (C=O) groups excluding carboxylic acids is 1. The predicted octanol–water partition coefficient (Wildman–Crippen LogP) is 1.92. The SMILES string of the molecule is CCn1nc(CN(C)C(=O)OC(C)(C)C)c2c1CCNC2. The van der Waals surface area contributed by atoms with Crippen molar-refractivity contribution in [1.29, 1.82) is 0 Å². The number of hydrogen-bond donors (Lipinski definition) is 1. The summed E-state index contributed by atoms with van der Waals surface area (Å²) in [4.78, 5) is 13.6. The second kappa shape index (κ2) is 6.05. The normalized spacial score (nSPS) is 14.7. The van der Waals surface area contributed by atoms with Crippen molar-refractivity contribution in [3.63, 3.8) is 0 Å². The van der Waals surface area contributed by atoms with Crippen molar-refractivity contribution in [2.24, 2.45) is 0 Å². The molecule has 2 rings (SSSR count). The highest BCUT2D eigenvalue weighted by atomic mass is 16.6. The predicted molar refractivity (Wildman–Crippen MR) is 81.0 cm³/mol. The molecule has 1 N–H and O–H groups in total. The molecule has 1 aliphatic rings. The Morgan fingerprint density at radius 3 is 2.81 bits per heavy atom. The van der Waals surface area contributed by atoms with Crippen molar-refractivity contribution >= 4 is 6.09 Å². The van der Waals surface area contributed by atoms with Crippen LogP contribution in [0.3, 0.4) is 0 Å². The maximum Gasteiger partial charge on any atom is 0.410 e. The molecule has 6 heteroatoms. The Morgan fingerprint density at radius 1 is 1.48 bits per heavy atom. The number of ether oxygens (including phenoxy) is 1. The Labute approximate surface area is 126 Å². The highest BCUT2D eigenvalue weighted by molar-refractivity contribution is 5.67. The van der Waals surface area contributed by atoms with E-state index in [-0.39, 0.29) is 6.09 Å². The molecule has 2 heterocycles. The third kappa shape index (κ3) is 3.75. The van der Waals surface area contributed by atoms with Crippen LogP contribution in [0.2, 0.25) is 0 Å². The number of rotatable bonds is 3. The topological polar surface area (TPSA) is 59.4 Å². The van der Waals surface area contributed by atoms with Gasteiger partial charge in [-0.2, -0.15) is 5.10 Å². The highest BCUT2D eigenvalue weighted by Crippen LogP contribution is 2.20. The molecule has 118 valence electrons. The third-order valence-corrected chi connectivity index (χ3v) is 3.48. The number of amides is 1. The van der Waals surface area contributed by atoms with Crippen molar-refractivity contribution in [3.8, 4) is 0 Å². The quantitative estimate of drug-likeness (QED) is 0.925. The maximum absolute atomic E-state index is 12.1. The van der Waals surface area contributed by atoms with Gasteiger partial charge in [0.05, 0.1) is 12.2 Å². The zero-order chi connectivity index (χ0) is 15.6. The summed E-state index contributed by atoms with van der Waals surface area (Å²) in [5.74, 6) is 0. The van der Waals surface area contributed by atoms with E-state index in [1.165, 1.54) is 11.3 Å². The Kier molecular flexibility index (Phi) is 4.56. The first kappa shape index (κ1) is 15.8. The molecule has 0 spiro atoms.